The molecule has 216 valence electrons. The normalized spacial score (nSPS) is 20.0. The number of pyridine rings is 1. The number of carbonyl (C=O) groups excluding carboxylic acids is 1. The first-order valence-corrected chi connectivity index (χ1v) is 14.7. The lowest BCUT2D eigenvalue weighted by Gasteiger charge is -2.30. The van der Waals surface area contributed by atoms with Crippen LogP contribution in [0.25, 0.3) is 0 Å². The van der Waals surface area contributed by atoms with E-state index in [0.717, 1.165) is 53.1 Å². The fourth-order valence-corrected chi connectivity index (χ4v) is 6.29. The molecule has 0 saturated carbocycles. The third kappa shape index (κ3) is 6.60. The number of nitrogens with zero attached hydrogens (tertiary/aromatic N) is 3. The topological polar surface area (TPSA) is 109 Å². The van der Waals surface area contributed by atoms with Crippen LogP contribution in [0, 0.1) is 5.92 Å². The average Bonchev–Trinajstić information content (AvgIpc) is 3.61. The van der Waals surface area contributed by atoms with Crippen LogP contribution in [0.4, 0.5) is 5.69 Å². The highest BCUT2D eigenvalue weighted by atomic mass is 16.5. The summed E-state index contributed by atoms with van der Waals surface area (Å²) >= 11 is 0. The molecule has 3 N–H and O–H groups in total. The SMILES string of the molecule is CCCCN(C(=O)CN1C[C@H](c2ccc3c(c2)CCO3)C(C(=O)O)[C@@H]1CCc1ccccn1)c1cccc(CN)c1. The summed E-state index contributed by atoms with van der Waals surface area (Å²) in [7, 11) is 0. The number of carbonyl (C=O) groups is 2. The number of fused-ring (bicyclic) bond motifs is 1. The van der Waals surface area contributed by atoms with Gasteiger partial charge in [-0.15, -0.1) is 0 Å². The number of ether oxygens (including phenoxy) is 1. The number of carboxylic acid groups (broad SMARTS) is 1. The first-order valence-electron chi connectivity index (χ1n) is 14.7. The van der Waals surface area contributed by atoms with E-state index in [0.29, 0.717) is 39.1 Å². The largest absolute Gasteiger partial charge is 0.493 e. The van der Waals surface area contributed by atoms with Crippen molar-refractivity contribution in [2.45, 2.75) is 57.5 Å². The molecule has 3 atom stereocenters. The van der Waals surface area contributed by atoms with E-state index in [9.17, 15) is 14.7 Å². The summed E-state index contributed by atoms with van der Waals surface area (Å²) in [6, 6.07) is 19.4. The summed E-state index contributed by atoms with van der Waals surface area (Å²) in [5, 5.41) is 10.5. The Kier molecular flexibility index (Phi) is 9.31. The Hall–Kier alpha value is -3.75. The Morgan fingerprint density at radius 1 is 1.15 bits per heavy atom. The van der Waals surface area contributed by atoms with E-state index in [2.05, 4.69) is 22.9 Å². The molecule has 2 aliphatic rings. The van der Waals surface area contributed by atoms with Gasteiger partial charge in [-0.05, 0) is 66.3 Å². The van der Waals surface area contributed by atoms with Crippen LogP contribution < -0.4 is 15.4 Å². The van der Waals surface area contributed by atoms with E-state index in [1.165, 1.54) is 0 Å². The van der Waals surface area contributed by atoms with Gasteiger partial charge in [0.2, 0.25) is 5.91 Å². The molecule has 1 fully saturated rings. The van der Waals surface area contributed by atoms with Gasteiger partial charge in [0.05, 0.1) is 19.1 Å². The molecular formula is C33H40N4O4. The molecule has 8 heteroatoms. The quantitative estimate of drug-likeness (QED) is 0.340. The van der Waals surface area contributed by atoms with E-state index in [4.69, 9.17) is 10.5 Å². The van der Waals surface area contributed by atoms with Crippen molar-refractivity contribution in [3.05, 3.63) is 89.2 Å². The lowest BCUT2D eigenvalue weighted by Crippen LogP contribution is -2.44. The van der Waals surface area contributed by atoms with Gasteiger partial charge in [0.25, 0.3) is 0 Å². The standard InChI is InChI=1S/C33H40N4O4/c1-2-3-16-37(27-9-6-7-23(18-27)20-34)31(38)22-36-21-28(24-10-13-30-25(19-24)14-17-41-30)32(33(39)40)29(36)12-11-26-8-4-5-15-35-26/h4-10,13,15,18-19,28-29,32H,2-3,11-12,14,16-17,20-22,34H2,1H3,(H,39,40)/t28-,29+,32?/m1/s1. The maximum Gasteiger partial charge on any atom is 0.308 e. The van der Waals surface area contributed by atoms with Gasteiger partial charge in [-0.25, -0.2) is 0 Å². The van der Waals surface area contributed by atoms with Crippen LogP contribution in [0.15, 0.2) is 66.9 Å². The number of benzene rings is 2. The molecule has 0 aliphatic carbocycles. The number of hydrogen-bond acceptors (Lipinski definition) is 6. The van der Waals surface area contributed by atoms with E-state index < -0.39 is 11.9 Å². The van der Waals surface area contributed by atoms with Crippen molar-refractivity contribution in [3.63, 3.8) is 0 Å². The molecule has 1 unspecified atom stereocenters. The van der Waals surface area contributed by atoms with Gasteiger partial charge < -0.3 is 20.5 Å². The number of amides is 1. The molecule has 0 bridgehead atoms. The van der Waals surface area contributed by atoms with Crippen molar-refractivity contribution in [1.29, 1.82) is 0 Å². The van der Waals surface area contributed by atoms with Gasteiger partial charge in [-0.1, -0.05) is 43.7 Å². The number of hydrogen-bond donors (Lipinski definition) is 2. The predicted molar refractivity (Wildman–Crippen MR) is 159 cm³/mol. The van der Waals surface area contributed by atoms with Crippen molar-refractivity contribution in [2.24, 2.45) is 11.7 Å². The second-order valence-corrected chi connectivity index (χ2v) is 11.1. The van der Waals surface area contributed by atoms with Gasteiger partial charge in [-0.2, -0.15) is 0 Å². The number of aromatic nitrogens is 1. The minimum absolute atomic E-state index is 0.0254. The van der Waals surface area contributed by atoms with Crippen LogP contribution in [0.5, 0.6) is 5.75 Å². The molecule has 8 nitrogen and oxygen atoms in total. The smallest absolute Gasteiger partial charge is 0.308 e. The summed E-state index contributed by atoms with van der Waals surface area (Å²) in [5.74, 6) is -0.849. The minimum Gasteiger partial charge on any atom is -0.493 e. The molecule has 1 aromatic heterocycles. The molecule has 1 saturated heterocycles. The van der Waals surface area contributed by atoms with Crippen molar-refractivity contribution >= 4 is 17.6 Å². The lowest BCUT2D eigenvalue weighted by molar-refractivity contribution is -0.143. The van der Waals surface area contributed by atoms with Gasteiger partial charge in [0, 0.05) is 55.6 Å². The number of likely N-dealkylation sites (tertiary alicyclic amines) is 1. The molecule has 1 amide bonds. The molecule has 2 aliphatic heterocycles. The fraction of sp³-hybridized carbons (Fsp3) is 0.424. The molecule has 41 heavy (non-hydrogen) atoms. The van der Waals surface area contributed by atoms with Crippen LogP contribution in [0.2, 0.25) is 0 Å². The predicted octanol–water partition coefficient (Wildman–Crippen LogP) is 4.41. The Morgan fingerprint density at radius 3 is 2.78 bits per heavy atom. The Balaban J connectivity index is 1.44. The van der Waals surface area contributed by atoms with Crippen LogP contribution >= 0.6 is 0 Å². The van der Waals surface area contributed by atoms with Crippen LogP contribution in [0.1, 0.15) is 54.5 Å². The summed E-state index contributed by atoms with van der Waals surface area (Å²) < 4.78 is 5.70. The molecule has 0 radical (unpaired) electrons. The van der Waals surface area contributed by atoms with E-state index >= 15 is 0 Å². The summed E-state index contributed by atoms with van der Waals surface area (Å²) in [6.07, 6.45) is 5.66. The van der Waals surface area contributed by atoms with Gasteiger partial charge in [0.15, 0.2) is 0 Å². The maximum absolute atomic E-state index is 14.0. The fourth-order valence-electron chi connectivity index (χ4n) is 6.29. The molecule has 2 aromatic carbocycles. The highest BCUT2D eigenvalue weighted by Gasteiger charge is 2.47. The van der Waals surface area contributed by atoms with E-state index in [1.807, 2.05) is 59.5 Å². The van der Waals surface area contributed by atoms with Crippen LogP contribution in [0.3, 0.4) is 0 Å². The van der Waals surface area contributed by atoms with Crippen molar-refractivity contribution in [2.75, 3.05) is 31.1 Å². The van der Waals surface area contributed by atoms with Gasteiger partial charge >= 0.3 is 5.97 Å². The lowest BCUT2D eigenvalue weighted by atomic mass is 9.83. The number of aliphatic carboxylic acids is 1. The van der Waals surface area contributed by atoms with Crippen molar-refractivity contribution in [1.82, 2.24) is 9.88 Å². The average molecular weight is 557 g/mol. The first kappa shape index (κ1) is 28.8. The van der Waals surface area contributed by atoms with Crippen molar-refractivity contribution in [3.8, 4) is 5.75 Å². The maximum atomic E-state index is 14.0. The monoisotopic (exact) mass is 556 g/mol. The van der Waals surface area contributed by atoms with Crippen LogP contribution in [-0.2, 0) is 29.0 Å². The summed E-state index contributed by atoms with van der Waals surface area (Å²) in [6.45, 7) is 4.41. The number of rotatable bonds is 12. The van der Waals surface area contributed by atoms with Gasteiger partial charge in [0.1, 0.15) is 5.75 Å². The molecule has 0 spiro atoms. The number of carboxylic acids is 1. The highest BCUT2D eigenvalue weighted by molar-refractivity contribution is 5.95. The van der Waals surface area contributed by atoms with Crippen LogP contribution in [-0.4, -0.2) is 59.1 Å². The highest BCUT2D eigenvalue weighted by Crippen LogP contribution is 2.41. The Morgan fingerprint density at radius 2 is 2.02 bits per heavy atom. The second kappa shape index (κ2) is 13.3. The Labute approximate surface area is 242 Å². The molecular weight excluding hydrogens is 516 g/mol. The first-order chi connectivity index (χ1) is 20.0. The number of aryl methyl sites for hydroxylation is 1. The Bertz CT molecular complexity index is 1350. The number of unbranched alkanes of at least 4 members (excludes halogenated alkanes) is 1. The second-order valence-electron chi connectivity index (χ2n) is 11.1. The van der Waals surface area contributed by atoms with Gasteiger partial charge in [-0.3, -0.25) is 19.5 Å². The zero-order chi connectivity index (χ0) is 28.8. The van der Waals surface area contributed by atoms with E-state index in [1.54, 1.807) is 6.20 Å². The minimum atomic E-state index is -0.828. The summed E-state index contributed by atoms with van der Waals surface area (Å²) in [4.78, 5) is 35.2. The van der Waals surface area contributed by atoms with E-state index in [-0.39, 0.29) is 24.4 Å². The number of anilines is 1. The molecule has 5 rings (SSSR count). The third-order valence-electron chi connectivity index (χ3n) is 8.43. The molecule has 3 heterocycles. The molecule has 3 aromatic rings. The third-order valence-corrected chi connectivity index (χ3v) is 8.43. The zero-order valence-corrected chi connectivity index (χ0v) is 23.7. The summed E-state index contributed by atoms with van der Waals surface area (Å²) in [5.41, 5.74) is 10.7. The number of nitrogens with two attached hydrogens (primary N) is 1. The zero-order valence-electron chi connectivity index (χ0n) is 23.7. The van der Waals surface area contributed by atoms with Crippen molar-refractivity contribution < 1.29 is 19.4 Å².